The number of anilines is 1. The Hall–Kier alpha value is -3.94. The third-order valence-electron chi connectivity index (χ3n) is 4.38. The van der Waals surface area contributed by atoms with Gasteiger partial charge in [0.25, 0.3) is 5.91 Å². The van der Waals surface area contributed by atoms with Crippen LogP contribution in [0.5, 0.6) is 11.5 Å². The quantitative estimate of drug-likeness (QED) is 0.504. The number of aromatic nitrogens is 4. The summed E-state index contributed by atoms with van der Waals surface area (Å²) in [6.45, 7) is 4.79. The van der Waals surface area contributed by atoms with Gasteiger partial charge in [-0.2, -0.15) is 9.61 Å². The molecule has 0 unspecified atom stereocenters. The topological polar surface area (TPSA) is 90.6 Å². The molecule has 8 nitrogen and oxygen atoms in total. The highest BCUT2D eigenvalue weighted by Crippen LogP contribution is 2.29. The number of fused-ring (bicyclic) bond motifs is 1. The highest BCUT2D eigenvalue weighted by Gasteiger charge is 2.12. The van der Waals surface area contributed by atoms with E-state index in [1.54, 1.807) is 29.0 Å². The highest BCUT2D eigenvalue weighted by molar-refractivity contribution is 6.04. The van der Waals surface area contributed by atoms with Gasteiger partial charge < -0.3 is 14.8 Å². The summed E-state index contributed by atoms with van der Waals surface area (Å²) in [7, 11) is 0. The molecule has 0 aliphatic carbocycles. The largest absolute Gasteiger partial charge is 0.490 e. The number of benzene rings is 2. The Morgan fingerprint density at radius 1 is 1.00 bits per heavy atom. The molecule has 0 fully saturated rings. The molecule has 0 aliphatic heterocycles. The van der Waals surface area contributed by atoms with Crippen LogP contribution in [0.4, 0.5) is 5.69 Å². The maximum atomic E-state index is 12.8. The predicted molar refractivity (Wildman–Crippen MR) is 113 cm³/mol. The molecule has 0 bridgehead atoms. The van der Waals surface area contributed by atoms with Crippen molar-refractivity contribution in [2.45, 2.75) is 13.8 Å². The van der Waals surface area contributed by atoms with Crippen molar-refractivity contribution in [3.8, 4) is 22.8 Å². The molecule has 8 heteroatoms. The Bertz CT molecular complexity index is 1190. The maximum absolute atomic E-state index is 12.8. The van der Waals surface area contributed by atoms with E-state index >= 15 is 0 Å². The monoisotopic (exact) mass is 403 g/mol. The van der Waals surface area contributed by atoms with Crippen LogP contribution in [-0.4, -0.2) is 38.9 Å². The average Bonchev–Trinajstić information content (AvgIpc) is 3.23. The molecule has 0 saturated heterocycles. The van der Waals surface area contributed by atoms with Crippen LogP contribution in [0, 0.1) is 0 Å². The molecular formula is C22H21N5O3. The van der Waals surface area contributed by atoms with Crippen LogP contribution in [0.15, 0.2) is 60.9 Å². The Kier molecular flexibility index (Phi) is 5.56. The molecule has 0 spiro atoms. The average molecular weight is 403 g/mol. The van der Waals surface area contributed by atoms with Gasteiger partial charge in [0, 0.05) is 16.8 Å². The molecular weight excluding hydrogens is 382 g/mol. The molecule has 2 aromatic heterocycles. The third kappa shape index (κ3) is 4.07. The van der Waals surface area contributed by atoms with Crippen LogP contribution in [0.25, 0.3) is 16.9 Å². The number of carbonyl (C=O) groups is 1. The summed E-state index contributed by atoms with van der Waals surface area (Å²) in [5.74, 6) is 0.930. The Balaban J connectivity index is 1.56. The molecule has 1 amide bonds. The standard InChI is InChI=1S/C22H21N5O3/c1-3-29-19-10-8-16(13-20(19)30-4-2)22(28)24-17-7-5-6-15(12-17)18-9-11-21-25-23-14-27(21)26-18/h5-14H,3-4H2,1-2H3,(H,24,28). The molecule has 1 N–H and O–H groups in total. The molecule has 2 aromatic carbocycles. The van der Waals surface area contributed by atoms with Crippen LogP contribution in [0.1, 0.15) is 24.2 Å². The second kappa shape index (κ2) is 8.60. The van der Waals surface area contributed by atoms with Crippen LogP contribution >= 0.6 is 0 Å². The number of nitrogens with one attached hydrogen (secondary N) is 1. The SMILES string of the molecule is CCOc1ccc(C(=O)Nc2cccc(-c3ccc4nncn4n3)c2)cc1OCC. The van der Waals surface area contributed by atoms with E-state index in [9.17, 15) is 4.79 Å². The van der Waals surface area contributed by atoms with Gasteiger partial charge in [0.05, 0.1) is 18.9 Å². The zero-order chi connectivity index (χ0) is 20.9. The summed E-state index contributed by atoms with van der Waals surface area (Å²) in [4.78, 5) is 12.8. The minimum atomic E-state index is -0.238. The van der Waals surface area contributed by atoms with Gasteiger partial charge in [0.1, 0.15) is 6.33 Å². The normalized spacial score (nSPS) is 10.7. The molecule has 0 radical (unpaired) electrons. The summed E-state index contributed by atoms with van der Waals surface area (Å²) in [6.07, 6.45) is 1.55. The van der Waals surface area contributed by atoms with Crippen molar-refractivity contribution in [1.29, 1.82) is 0 Å². The van der Waals surface area contributed by atoms with E-state index in [1.165, 1.54) is 0 Å². The zero-order valence-electron chi connectivity index (χ0n) is 16.7. The van der Waals surface area contributed by atoms with Crippen molar-refractivity contribution < 1.29 is 14.3 Å². The van der Waals surface area contributed by atoms with E-state index in [-0.39, 0.29) is 5.91 Å². The van der Waals surface area contributed by atoms with Gasteiger partial charge >= 0.3 is 0 Å². The molecule has 4 rings (SSSR count). The van der Waals surface area contributed by atoms with Crippen LogP contribution < -0.4 is 14.8 Å². The van der Waals surface area contributed by atoms with Crippen molar-refractivity contribution in [2.24, 2.45) is 0 Å². The molecule has 30 heavy (non-hydrogen) atoms. The van der Waals surface area contributed by atoms with Crippen LogP contribution in [0.3, 0.4) is 0 Å². The minimum Gasteiger partial charge on any atom is -0.490 e. The van der Waals surface area contributed by atoms with Crippen molar-refractivity contribution in [3.63, 3.8) is 0 Å². The number of hydrogen-bond donors (Lipinski definition) is 1. The summed E-state index contributed by atoms with van der Waals surface area (Å²) >= 11 is 0. The molecule has 2 heterocycles. The third-order valence-corrected chi connectivity index (χ3v) is 4.38. The summed E-state index contributed by atoms with van der Waals surface area (Å²) in [5.41, 5.74) is 3.43. The Morgan fingerprint density at radius 3 is 2.67 bits per heavy atom. The van der Waals surface area contributed by atoms with Crippen molar-refractivity contribution >= 4 is 17.2 Å². The number of rotatable bonds is 7. The van der Waals surface area contributed by atoms with Gasteiger partial charge in [-0.3, -0.25) is 4.79 Å². The first-order chi connectivity index (χ1) is 14.7. The lowest BCUT2D eigenvalue weighted by atomic mass is 10.1. The van der Waals surface area contributed by atoms with Crippen molar-refractivity contribution in [2.75, 3.05) is 18.5 Å². The molecule has 4 aromatic rings. The van der Waals surface area contributed by atoms with Gasteiger partial charge in [-0.1, -0.05) is 12.1 Å². The lowest BCUT2D eigenvalue weighted by molar-refractivity contribution is 0.102. The fraction of sp³-hybridized carbons (Fsp3) is 0.182. The number of ether oxygens (including phenoxy) is 2. The van der Waals surface area contributed by atoms with Gasteiger partial charge in [0.2, 0.25) is 0 Å². The number of hydrogen-bond acceptors (Lipinski definition) is 6. The Morgan fingerprint density at radius 2 is 1.83 bits per heavy atom. The summed E-state index contributed by atoms with van der Waals surface area (Å²) < 4.78 is 12.8. The first kappa shape index (κ1) is 19.4. The second-order valence-electron chi connectivity index (χ2n) is 6.41. The first-order valence-corrected chi connectivity index (χ1v) is 9.66. The molecule has 152 valence electrons. The second-order valence-corrected chi connectivity index (χ2v) is 6.41. The lowest BCUT2D eigenvalue weighted by Crippen LogP contribution is -2.12. The summed E-state index contributed by atoms with van der Waals surface area (Å²) in [6, 6.07) is 16.4. The van der Waals surface area contributed by atoms with E-state index in [1.807, 2.05) is 50.2 Å². The smallest absolute Gasteiger partial charge is 0.255 e. The molecule has 0 saturated carbocycles. The van der Waals surface area contributed by atoms with Crippen LogP contribution in [-0.2, 0) is 0 Å². The van der Waals surface area contributed by atoms with E-state index in [0.717, 1.165) is 11.3 Å². The van der Waals surface area contributed by atoms with E-state index in [0.29, 0.717) is 41.6 Å². The summed E-state index contributed by atoms with van der Waals surface area (Å²) in [5, 5.41) is 15.2. The minimum absolute atomic E-state index is 0.238. The van der Waals surface area contributed by atoms with E-state index in [2.05, 4.69) is 20.6 Å². The van der Waals surface area contributed by atoms with Gasteiger partial charge in [-0.15, -0.1) is 10.2 Å². The fourth-order valence-corrected chi connectivity index (χ4v) is 3.03. The number of carbonyl (C=O) groups excluding carboxylic acids is 1. The Labute approximate surface area is 173 Å². The molecule has 0 aliphatic rings. The van der Waals surface area contributed by atoms with Gasteiger partial charge in [0.15, 0.2) is 17.1 Å². The zero-order valence-corrected chi connectivity index (χ0v) is 16.7. The van der Waals surface area contributed by atoms with Crippen molar-refractivity contribution in [3.05, 3.63) is 66.5 Å². The van der Waals surface area contributed by atoms with Gasteiger partial charge in [-0.05, 0) is 56.3 Å². The predicted octanol–water partition coefficient (Wildman–Crippen LogP) is 3.84. The first-order valence-electron chi connectivity index (χ1n) is 9.66. The lowest BCUT2D eigenvalue weighted by Gasteiger charge is -2.13. The molecule has 0 atom stereocenters. The fourth-order valence-electron chi connectivity index (χ4n) is 3.03. The number of nitrogens with zero attached hydrogens (tertiary/aromatic N) is 4. The van der Waals surface area contributed by atoms with E-state index in [4.69, 9.17) is 9.47 Å². The maximum Gasteiger partial charge on any atom is 0.255 e. The van der Waals surface area contributed by atoms with E-state index < -0.39 is 0 Å². The van der Waals surface area contributed by atoms with Crippen molar-refractivity contribution in [1.82, 2.24) is 19.8 Å². The number of amides is 1. The highest BCUT2D eigenvalue weighted by atomic mass is 16.5. The van der Waals surface area contributed by atoms with Crippen LogP contribution in [0.2, 0.25) is 0 Å². The van der Waals surface area contributed by atoms with Gasteiger partial charge in [-0.25, -0.2) is 0 Å².